The maximum absolute atomic E-state index is 12.4. The summed E-state index contributed by atoms with van der Waals surface area (Å²) in [7, 11) is 0. The van der Waals surface area contributed by atoms with Crippen LogP contribution < -0.4 is 15.5 Å². The minimum atomic E-state index is -0.732. The van der Waals surface area contributed by atoms with Gasteiger partial charge in [0.2, 0.25) is 5.91 Å². The van der Waals surface area contributed by atoms with Crippen molar-refractivity contribution in [2.24, 2.45) is 5.92 Å². The van der Waals surface area contributed by atoms with Crippen molar-refractivity contribution in [3.63, 3.8) is 0 Å². The van der Waals surface area contributed by atoms with Gasteiger partial charge in [0, 0.05) is 35.4 Å². The van der Waals surface area contributed by atoms with E-state index >= 15 is 0 Å². The van der Waals surface area contributed by atoms with Gasteiger partial charge in [-0.3, -0.25) is 14.4 Å². The molecule has 1 aliphatic rings. The summed E-state index contributed by atoms with van der Waals surface area (Å²) in [6.07, 6.45) is 1.69. The van der Waals surface area contributed by atoms with E-state index in [1.807, 2.05) is 26.0 Å². The Hall–Kier alpha value is -2.86. The molecule has 0 radical (unpaired) electrons. The van der Waals surface area contributed by atoms with Crippen molar-refractivity contribution < 1.29 is 14.4 Å². The fourth-order valence-corrected chi connectivity index (χ4v) is 3.39. The zero-order valence-electron chi connectivity index (χ0n) is 16.5. The van der Waals surface area contributed by atoms with Crippen LogP contribution in [-0.4, -0.2) is 24.3 Å². The van der Waals surface area contributed by atoms with Crippen LogP contribution in [0.3, 0.4) is 0 Å². The number of carbonyl (C=O) groups excluding carboxylic acids is 3. The summed E-state index contributed by atoms with van der Waals surface area (Å²) < 4.78 is 0. The van der Waals surface area contributed by atoms with Crippen molar-refractivity contribution in [1.29, 1.82) is 0 Å². The van der Waals surface area contributed by atoms with E-state index in [2.05, 4.69) is 10.6 Å². The van der Waals surface area contributed by atoms with Gasteiger partial charge in [0.1, 0.15) is 0 Å². The van der Waals surface area contributed by atoms with E-state index in [4.69, 9.17) is 11.6 Å². The molecular formula is C22H24ClN3O3. The third-order valence-corrected chi connectivity index (χ3v) is 5.04. The minimum Gasteiger partial charge on any atom is -0.344 e. The minimum absolute atomic E-state index is 0.0790. The van der Waals surface area contributed by atoms with Gasteiger partial charge in [-0.25, -0.2) is 0 Å². The van der Waals surface area contributed by atoms with E-state index in [1.165, 1.54) is 0 Å². The highest BCUT2D eigenvalue weighted by Gasteiger charge is 2.25. The lowest BCUT2D eigenvalue weighted by Gasteiger charge is -2.31. The number of anilines is 2. The standard InChI is InChI=1S/C22H24ClN3O3/c1-14(2)22(29)26-11-3-4-16-12-18(9-10-19(16)26)25-21(28)20(27)24-13-15-5-7-17(23)8-6-15/h5-10,12,14H,3-4,11,13H2,1-2H3,(H,24,27)(H,25,28). The molecule has 2 aromatic rings. The van der Waals surface area contributed by atoms with Gasteiger partial charge in [-0.2, -0.15) is 0 Å². The largest absolute Gasteiger partial charge is 0.344 e. The molecule has 0 saturated carbocycles. The second kappa shape index (κ2) is 9.09. The smallest absolute Gasteiger partial charge is 0.313 e. The summed E-state index contributed by atoms with van der Waals surface area (Å²) >= 11 is 5.83. The third kappa shape index (κ3) is 5.15. The predicted octanol–water partition coefficient (Wildman–Crippen LogP) is 3.53. The molecular weight excluding hydrogens is 390 g/mol. The number of hydrogen-bond donors (Lipinski definition) is 2. The predicted molar refractivity (Wildman–Crippen MR) is 114 cm³/mol. The number of amides is 3. The first kappa shape index (κ1) is 20.9. The van der Waals surface area contributed by atoms with E-state index in [-0.39, 0.29) is 18.4 Å². The van der Waals surface area contributed by atoms with Crippen molar-refractivity contribution in [3.8, 4) is 0 Å². The zero-order valence-corrected chi connectivity index (χ0v) is 17.3. The van der Waals surface area contributed by atoms with Crippen molar-refractivity contribution >= 4 is 40.7 Å². The molecule has 0 fully saturated rings. The Balaban J connectivity index is 1.62. The summed E-state index contributed by atoms with van der Waals surface area (Å²) in [5.74, 6) is -1.44. The molecule has 1 heterocycles. The van der Waals surface area contributed by atoms with E-state index < -0.39 is 11.8 Å². The molecule has 3 amide bonds. The second-order valence-electron chi connectivity index (χ2n) is 7.35. The normalized spacial score (nSPS) is 13.0. The molecule has 29 heavy (non-hydrogen) atoms. The molecule has 0 spiro atoms. The molecule has 0 aromatic heterocycles. The summed E-state index contributed by atoms with van der Waals surface area (Å²) in [5.41, 5.74) is 3.25. The van der Waals surface area contributed by atoms with Gasteiger partial charge in [0.25, 0.3) is 0 Å². The lowest BCUT2D eigenvalue weighted by atomic mass is 9.99. The molecule has 7 heteroatoms. The Bertz CT molecular complexity index is 925. The molecule has 0 aliphatic carbocycles. The van der Waals surface area contributed by atoms with Crippen LogP contribution in [0, 0.1) is 5.92 Å². The van der Waals surface area contributed by atoms with Crippen LogP contribution in [0.15, 0.2) is 42.5 Å². The average molecular weight is 414 g/mol. The van der Waals surface area contributed by atoms with Crippen molar-refractivity contribution in [2.75, 3.05) is 16.8 Å². The first-order valence-corrected chi connectivity index (χ1v) is 10.0. The number of nitrogens with one attached hydrogen (secondary N) is 2. The number of nitrogens with zero attached hydrogens (tertiary/aromatic N) is 1. The van der Waals surface area contributed by atoms with Gasteiger partial charge in [-0.15, -0.1) is 0 Å². The Morgan fingerprint density at radius 3 is 2.48 bits per heavy atom. The number of hydrogen-bond acceptors (Lipinski definition) is 3. The highest BCUT2D eigenvalue weighted by Crippen LogP contribution is 2.30. The van der Waals surface area contributed by atoms with E-state index in [9.17, 15) is 14.4 Å². The quantitative estimate of drug-likeness (QED) is 0.752. The van der Waals surface area contributed by atoms with Crippen molar-refractivity contribution in [2.45, 2.75) is 33.2 Å². The van der Waals surface area contributed by atoms with Gasteiger partial charge in [0.15, 0.2) is 0 Å². The van der Waals surface area contributed by atoms with Crippen LogP contribution in [0.2, 0.25) is 5.02 Å². The fraction of sp³-hybridized carbons (Fsp3) is 0.318. The molecule has 6 nitrogen and oxygen atoms in total. The van der Waals surface area contributed by atoms with Crippen LogP contribution in [0.25, 0.3) is 0 Å². The molecule has 2 N–H and O–H groups in total. The van der Waals surface area contributed by atoms with Crippen molar-refractivity contribution in [3.05, 3.63) is 58.6 Å². The van der Waals surface area contributed by atoms with E-state index in [0.717, 1.165) is 29.7 Å². The van der Waals surface area contributed by atoms with E-state index in [0.29, 0.717) is 17.3 Å². The topological polar surface area (TPSA) is 78.5 Å². The second-order valence-corrected chi connectivity index (χ2v) is 7.79. The first-order valence-electron chi connectivity index (χ1n) is 9.63. The summed E-state index contributed by atoms with van der Waals surface area (Å²) in [6, 6.07) is 12.4. The Morgan fingerprint density at radius 1 is 1.07 bits per heavy atom. The van der Waals surface area contributed by atoms with Crippen LogP contribution in [0.4, 0.5) is 11.4 Å². The van der Waals surface area contributed by atoms with Gasteiger partial charge in [-0.1, -0.05) is 37.6 Å². The lowest BCUT2D eigenvalue weighted by molar-refractivity contribution is -0.136. The Kier molecular flexibility index (Phi) is 6.54. The monoisotopic (exact) mass is 413 g/mol. The molecule has 0 atom stereocenters. The maximum atomic E-state index is 12.4. The van der Waals surface area contributed by atoms with Gasteiger partial charge < -0.3 is 15.5 Å². The number of carbonyl (C=O) groups is 3. The number of fused-ring (bicyclic) bond motifs is 1. The Labute approximate surface area is 175 Å². The highest BCUT2D eigenvalue weighted by molar-refractivity contribution is 6.39. The summed E-state index contributed by atoms with van der Waals surface area (Å²) in [4.78, 5) is 38.5. The van der Waals surface area contributed by atoms with Crippen LogP contribution in [0.1, 0.15) is 31.4 Å². The van der Waals surface area contributed by atoms with Gasteiger partial charge >= 0.3 is 11.8 Å². The zero-order chi connectivity index (χ0) is 21.0. The molecule has 1 aliphatic heterocycles. The van der Waals surface area contributed by atoms with Crippen molar-refractivity contribution in [1.82, 2.24) is 5.32 Å². The highest BCUT2D eigenvalue weighted by atomic mass is 35.5. The number of aryl methyl sites for hydroxylation is 1. The lowest BCUT2D eigenvalue weighted by Crippen LogP contribution is -2.38. The molecule has 2 aromatic carbocycles. The van der Waals surface area contributed by atoms with Crippen LogP contribution in [0.5, 0.6) is 0 Å². The maximum Gasteiger partial charge on any atom is 0.313 e. The number of halogens is 1. The van der Waals surface area contributed by atoms with Crippen LogP contribution in [-0.2, 0) is 27.3 Å². The van der Waals surface area contributed by atoms with Gasteiger partial charge in [0.05, 0.1) is 0 Å². The first-order chi connectivity index (χ1) is 13.8. The molecule has 0 saturated heterocycles. The molecule has 3 rings (SSSR count). The molecule has 0 bridgehead atoms. The summed E-state index contributed by atoms with van der Waals surface area (Å²) in [6.45, 7) is 4.70. The summed E-state index contributed by atoms with van der Waals surface area (Å²) in [5, 5.41) is 5.83. The third-order valence-electron chi connectivity index (χ3n) is 4.79. The Morgan fingerprint density at radius 2 is 1.79 bits per heavy atom. The SMILES string of the molecule is CC(C)C(=O)N1CCCc2cc(NC(=O)C(=O)NCc3ccc(Cl)cc3)ccc21. The van der Waals surface area contributed by atoms with E-state index in [1.54, 1.807) is 35.2 Å². The van der Waals surface area contributed by atoms with Crippen LogP contribution >= 0.6 is 11.6 Å². The van der Waals surface area contributed by atoms with Gasteiger partial charge in [-0.05, 0) is 54.3 Å². The molecule has 0 unspecified atom stereocenters. The average Bonchev–Trinajstić information content (AvgIpc) is 2.71. The molecule has 152 valence electrons. The fourth-order valence-electron chi connectivity index (χ4n) is 3.27. The number of benzene rings is 2. The number of rotatable bonds is 4.